The highest BCUT2D eigenvalue weighted by atomic mass is 32.2. The number of nitrogens with two attached hydrogens (primary N) is 2. The van der Waals surface area contributed by atoms with Crippen molar-refractivity contribution in [3.05, 3.63) is 71.0 Å². The first-order valence-corrected chi connectivity index (χ1v) is 44.5. The van der Waals surface area contributed by atoms with Gasteiger partial charge < -0.3 is 112 Å². The number of hydrogen-bond donors (Lipinski definition) is 20. The molecule has 1 fully saturated rings. The SMILES string of the molecule is CC=C(NC(=O)C(CO)NC(=O)CNC(=O)C(CCC(N)=O)NC(=O)C(NC(=O)C(NC(=O)C(Cc1ccccc1)NC(=O)C(CCC(N)=O)NC(=O)C(C)NC(=O)C(NC(=O)C(C)NC(=O)C1CCCN1C(=O)C(=CC)NC(=O)C(C)N(C)C)C(C)C)C(C)C)C(C)CC)C(=O)NC(C(=O)NC1CSC=CNC(=O)C(C(C)C)NC(=O)C(CC(C)C)NC1=O)C(C)CC. The summed E-state index contributed by atoms with van der Waals surface area (Å²) in [6, 6.07) is -11.6. The van der Waals surface area contributed by atoms with Gasteiger partial charge in [0.15, 0.2) is 0 Å². The lowest BCUT2D eigenvalue weighted by molar-refractivity contribution is -0.138. The van der Waals surface area contributed by atoms with E-state index in [4.69, 9.17) is 11.5 Å². The second kappa shape index (κ2) is 55.1. The first-order valence-electron chi connectivity index (χ1n) is 43.5. The Morgan fingerprint density at radius 3 is 1.59 bits per heavy atom. The molecule has 2 aliphatic heterocycles. The Hall–Kier alpha value is -11.9. The van der Waals surface area contributed by atoms with Crippen molar-refractivity contribution in [1.29, 1.82) is 0 Å². The van der Waals surface area contributed by atoms with Crippen molar-refractivity contribution < 1.29 is 101 Å². The smallest absolute Gasteiger partial charge is 0.270 e. The lowest BCUT2D eigenvalue weighted by Crippen LogP contribution is -2.62. The summed E-state index contributed by atoms with van der Waals surface area (Å²) in [7, 11) is 3.40. The molecule has 2 heterocycles. The Balaban J connectivity index is 1.79. The van der Waals surface area contributed by atoms with Gasteiger partial charge in [0.05, 0.1) is 19.2 Å². The molecule has 718 valence electrons. The predicted octanol–water partition coefficient (Wildman–Crippen LogP) is -3.37. The number of aliphatic hydroxyl groups excluding tert-OH is 1. The van der Waals surface area contributed by atoms with E-state index in [0.717, 1.165) is 17.8 Å². The molecule has 43 heteroatoms. The Kier molecular flexibility index (Phi) is 47.5. The summed E-state index contributed by atoms with van der Waals surface area (Å²) >= 11 is 1.06. The van der Waals surface area contributed by atoms with Crippen molar-refractivity contribution in [3.63, 3.8) is 0 Å². The minimum Gasteiger partial charge on any atom is -0.394 e. The second-order valence-corrected chi connectivity index (χ2v) is 34.8. The van der Waals surface area contributed by atoms with Crippen LogP contribution in [-0.2, 0) is 102 Å². The van der Waals surface area contributed by atoms with E-state index in [1.54, 1.807) is 132 Å². The molecule has 1 aromatic rings. The molecule has 0 spiro atoms. The number of nitrogens with zero attached hydrogens (tertiary/aromatic N) is 2. The minimum atomic E-state index is -1.80. The molecule has 1 aromatic carbocycles. The molecule has 1 saturated heterocycles. The van der Waals surface area contributed by atoms with Gasteiger partial charge in [-0.3, -0.25) is 101 Å². The van der Waals surface area contributed by atoms with Gasteiger partial charge in [0, 0.05) is 37.8 Å². The fourth-order valence-electron chi connectivity index (χ4n) is 13.2. The molecular formula is C86H137N21O21S. The summed E-state index contributed by atoms with van der Waals surface area (Å²) in [4.78, 5) is 278. The van der Waals surface area contributed by atoms with Crippen LogP contribution in [0.4, 0.5) is 0 Å². The van der Waals surface area contributed by atoms with Crippen LogP contribution in [0.2, 0.25) is 0 Å². The molecule has 22 N–H and O–H groups in total. The molecule has 17 atom stereocenters. The number of likely N-dealkylation sites (N-methyl/N-ethyl adjacent to an activating group) is 1. The number of primary amides is 2. The first kappa shape index (κ1) is 111. The molecule has 0 bridgehead atoms. The quantitative estimate of drug-likeness (QED) is 0.0283. The van der Waals surface area contributed by atoms with Crippen LogP contribution < -0.4 is 102 Å². The molecule has 0 saturated carbocycles. The Labute approximate surface area is 757 Å². The third-order valence-electron chi connectivity index (χ3n) is 21.8. The first-order chi connectivity index (χ1) is 60.6. The Morgan fingerprint density at radius 1 is 0.550 bits per heavy atom. The number of nitrogens with one attached hydrogen (secondary N) is 17. The van der Waals surface area contributed by atoms with Crippen molar-refractivity contribution in [1.82, 2.24) is 100 Å². The van der Waals surface area contributed by atoms with Crippen LogP contribution in [0, 0.1) is 35.5 Å². The minimum absolute atomic E-state index is 0.0322. The predicted molar refractivity (Wildman–Crippen MR) is 478 cm³/mol. The van der Waals surface area contributed by atoms with Gasteiger partial charge in [-0.25, -0.2) is 0 Å². The fraction of sp³-hybridized carbons (Fsp3) is 0.628. The molecular weight excluding hydrogens is 1700 g/mol. The van der Waals surface area contributed by atoms with Crippen LogP contribution in [0.15, 0.2) is 65.5 Å². The van der Waals surface area contributed by atoms with E-state index in [0.29, 0.717) is 18.4 Å². The molecule has 17 unspecified atom stereocenters. The Bertz CT molecular complexity index is 4220. The van der Waals surface area contributed by atoms with Crippen molar-refractivity contribution in [3.8, 4) is 0 Å². The summed E-state index contributed by atoms with van der Waals surface area (Å²) in [6.07, 6.45) is 3.22. The van der Waals surface area contributed by atoms with Gasteiger partial charge in [0.2, 0.25) is 106 Å². The number of likely N-dealkylation sites (tertiary alicyclic amines) is 1. The molecule has 20 amide bonds. The zero-order valence-corrected chi connectivity index (χ0v) is 78.1. The summed E-state index contributed by atoms with van der Waals surface area (Å²) < 4.78 is 0. The number of amides is 20. The topological polar surface area (TPSA) is 625 Å². The highest BCUT2D eigenvalue weighted by molar-refractivity contribution is 8.02. The van der Waals surface area contributed by atoms with Crippen LogP contribution in [-0.4, -0.2) is 263 Å². The standard InChI is InChI=1S/C86H137N21O21S/c1-20-47(13)68(85(127)100-60-42-129-37-35-89-81(123)65(44(7)8)102-76(118)57(38-43(5)6)98-79(60)121)104-74(116)53(22-3)94-78(120)59(41-108)93-64(111)40-90-73(115)55(31-33-62(87)109)97-84(126)69(48(14)21-2)105-83(125)67(46(11)12)103-77(119)58(39-52-28-25-24-26-29-52)99-75(117)56(32-34-63(88)110)96-70(112)49(15)92-82(124)66(45(9)10)101-71(113)50(16)91-80(122)61-30-27-36-107(61)86(128)54(23-4)95-72(114)51(17)106(18)19/h22-26,28-29,35,37,43-51,55-61,65-69,108H,20-21,27,30-34,36,38-42H2,1-19H3,(H2,87,109)(H2,88,110)(H,89,123)(H,90,115)(H,91,122)(H,92,124)(H,93,111)(H,94,120)(H,95,114)(H,96,112)(H,97,126)(H,98,121)(H,99,117)(H,100,127)(H,101,113)(H,102,118)(H,103,119)(H,104,116)(H,105,125). The van der Waals surface area contributed by atoms with Crippen LogP contribution in [0.5, 0.6) is 0 Å². The van der Waals surface area contributed by atoms with Crippen molar-refractivity contribution in [2.24, 2.45) is 47.0 Å². The van der Waals surface area contributed by atoms with E-state index >= 15 is 0 Å². The maximum absolute atomic E-state index is 14.7. The number of carbonyl (C=O) groups excluding carboxylic acids is 20. The van der Waals surface area contributed by atoms with Gasteiger partial charge in [-0.2, -0.15) is 0 Å². The number of rotatable bonds is 48. The highest BCUT2D eigenvalue weighted by Gasteiger charge is 2.42. The molecule has 0 aromatic heterocycles. The summed E-state index contributed by atoms with van der Waals surface area (Å²) in [6.45, 7) is 25.5. The van der Waals surface area contributed by atoms with Crippen molar-refractivity contribution in [2.45, 2.75) is 273 Å². The molecule has 2 aliphatic rings. The number of carbonyl (C=O) groups is 20. The van der Waals surface area contributed by atoms with Gasteiger partial charge in [0.25, 0.3) is 11.8 Å². The summed E-state index contributed by atoms with van der Waals surface area (Å²) in [5.41, 5.74) is 11.0. The number of hydrogen-bond acceptors (Lipinski definition) is 23. The number of aliphatic hydroxyl groups is 1. The van der Waals surface area contributed by atoms with E-state index in [1.807, 2.05) is 13.8 Å². The van der Waals surface area contributed by atoms with Gasteiger partial charge in [-0.05, 0) is 127 Å². The zero-order chi connectivity index (χ0) is 97.5. The van der Waals surface area contributed by atoms with E-state index in [1.165, 1.54) is 43.4 Å². The summed E-state index contributed by atoms with van der Waals surface area (Å²) in [5.74, 6) is -20.2. The van der Waals surface area contributed by atoms with Gasteiger partial charge in [-0.15, -0.1) is 11.8 Å². The average Bonchev–Trinajstić information content (AvgIpc) is 1.08. The molecule has 42 nitrogen and oxygen atoms in total. The van der Waals surface area contributed by atoms with Crippen LogP contribution in [0.25, 0.3) is 0 Å². The molecule has 0 aliphatic carbocycles. The van der Waals surface area contributed by atoms with E-state index in [2.05, 4.69) is 90.4 Å². The molecule has 129 heavy (non-hydrogen) atoms. The van der Waals surface area contributed by atoms with Crippen LogP contribution >= 0.6 is 11.8 Å². The lowest BCUT2D eigenvalue weighted by atomic mass is 9.95. The summed E-state index contributed by atoms with van der Waals surface area (Å²) in [5, 5.41) is 55.3. The van der Waals surface area contributed by atoms with E-state index in [-0.39, 0.29) is 55.5 Å². The van der Waals surface area contributed by atoms with Crippen LogP contribution in [0.3, 0.4) is 0 Å². The van der Waals surface area contributed by atoms with Gasteiger partial charge in [0.1, 0.15) is 96.0 Å². The molecule has 3 rings (SSSR count). The maximum Gasteiger partial charge on any atom is 0.270 e. The largest absolute Gasteiger partial charge is 0.394 e. The fourth-order valence-corrected chi connectivity index (χ4v) is 13.9. The second-order valence-electron chi connectivity index (χ2n) is 33.8. The number of thioether (sulfide) groups is 1. The molecule has 0 radical (unpaired) electrons. The third kappa shape index (κ3) is 36.6. The van der Waals surface area contributed by atoms with E-state index in [9.17, 15) is 101 Å². The van der Waals surface area contributed by atoms with Crippen molar-refractivity contribution in [2.75, 3.05) is 39.5 Å². The normalized spacial score (nSPS) is 18.7. The average molecular weight is 1830 g/mol. The number of allylic oxidation sites excluding steroid dienone is 2. The lowest BCUT2D eigenvalue weighted by Gasteiger charge is -2.30. The van der Waals surface area contributed by atoms with Crippen LogP contribution in [0.1, 0.15) is 181 Å². The van der Waals surface area contributed by atoms with E-state index < -0.39 is 277 Å². The Morgan fingerprint density at radius 2 is 1.05 bits per heavy atom. The maximum atomic E-state index is 14.7. The van der Waals surface area contributed by atoms with Crippen molar-refractivity contribution >= 4 is 130 Å². The van der Waals surface area contributed by atoms with Gasteiger partial charge in [-0.1, -0.05) is 138 Å². The zero-order valence-electron chi connectivity index (χ0n) is 77.3. The number of benzene rings is 1. The third-order valence-corrected chi connectivity index (χ3v) is 22.6. The highest BCUT2D eigenvalue weighted by Crippen LogP contribution is 2.22. The van der Waals surface area contributed by atoms with Gasteiger partial charge >= 0.3 is 0 Å². The monoisotopic (exact) mass is 1830 g/mol.